The number of ketones is 2. The smallest absolute Gasteiger partial charge is 0.329 e. The number of aliphatic hydroxyl groups excluding tert-OH is 2. The largest absolute Gasteiger partial charge is 0.464 e. The Morgan fingerprint density at radius 3 is 2.57 bits per heavy atom. The molecule has 1 unspecified atom stereocenters. The number of fused-ring (bicyclic) bond motifs is 7. The lowest BCUT2D eigenvalue weighted by molar-refractivity contribution is -0.211. The number of alkyl halides is 2. The maximum atomic E-state index is 17.7. The van der Waals surface area contributed by atoms with E-state index in [9.17, 15) is 29.4 Å². The van der Waals surface area contributed by atoms with E-state index < -0.39 is 88.0 Å². The number of allylic oxidation sites excluding steroid dienone is 4. The number of esters is 1. The summed E-state index contributed by atoms with van der Waals surface area (Å²) in [6.07, 6.45) is -0.0860. The lowest BCUT2D eigenvalue weighted by Crippen LogP contribution is -2.69. The van der Waals surface area contributed by atoms with Crippen molar-refractivity contribution >= 4 is 34.8 Å². The number of rotatable bonds is 5. The Hall–Kier alpha value is -2.76. The summed E-state index contributed by atoms with van der Waals surface area (Å²) >= 11 is 1.19. The summed E-state index contributed by atoms with van der Waals surface area (Å²) < 4.78 is 39.0. The molecule has 0 aromatic carbocycles. The highest BCUT2D eigenvalue weighted by molar-refractivity contribution is 7.12. The summed E-state index contributed by atoms with van der Waals surface area (Å²) in [5.74, 6) is -4.81. The number of Topliss-reactive ketones (excluding diaryl/α,β-unsaturated/α-hetero) is 1. The summed E-state index contributed by atoms with van der Waals surface area (Å²) in [6, 6.07) is 2.13. The molecule has 2 N–H and O–H groups in total. The zero-order chi connectivity index (χ0) is 30.4. The summed E-state index contributed by atoms with van der Waals surface area (Å²) in [4.78, 5) is 55.1. The molecule has 10 atom stereocenters. The number of hydrogen-bond acceptors (Lipinski definition) is 8. The van der Waals surface area contributed by atoms with Crippen LogP contribution in [0.2, 0.25) is 0 Å². The summed E-state index contributed by atoms with van der Waals surface area (Å²) in [6.45, 7) is 3.81. The van der Waals surface area contributed by atoms with Gasteiger partial charge in [0.25, 0.3) is 5.91 Å². The third-order valence-electron chi connectivity index (χ3n) is 11.5. The molecule has 1 aromatic rings. The minimum absolute atomic E-state index is 0.00661. The Kier molecular flexibility index (Phi) is 6.72. The van der Waals surface area contributed by atoms with Gasteiger partial charge in [-0.15, -0.1) is 11.3 Å². The fourth-order valence-corrected chi connectivity index (χ4v) is 10.4. The molecule has 1 amide bonds. The van der Waals surface area contributed by atoms with E-state index in [1.54, 1.807) is 31.4 Å². The molecule has 42 heavy (non-hydrogen) atoms. The average molecular weight is 604 g/mol. The normalized spacial score (nSPS) is 43.6. The van der Waals surface area contributed by atoms with Crippen molar-refractivity contribution in [3.8, 4) is 0 Å². The van der Waals surface area contributed by atoms with Crippen LogP contribution in [-0.4, -0.2) is 82.3 Å². The standard InChI is InChI=1S/C31H35F2NO7S/c1-4-41-27(40)25-20-11-17-18-12-21(32)19-10-16(36)7-8-28(19,2)31(18,33)23(37)13-29(17,3)30(20,24(38)14-35)15-34(25)26(39)22-6-5-9-42-22/h5-10,17-18,20-21,23,25,35,37H,4,11-15H2,1-3H3/t17-,18-,20-,21-,23-,25?,28-,29-,30+,31-/m0/s1. The Labute approximate surface area is 246 Å². The number of hydrogen-bond donors (Lipinski definition) is 2. The van der Waals surface area contributed by atoms with Gasteiger partial charge in [0, 0.05) is 23.8 Å². The van der Waals surface area contributed by atoms with Crippen molar-refractivity contribution in [1.82, 2.24) is 4.90 Å². The highest BCUT2D eigenvalue weighted by Crippen LogP contribution is 2.75. The van der Waals surface area contributed by atoms with E-state index in [1.165, 1.54) is 35.3 Å². The quantitative estimate of drug-likeness (QED) is 0.496. The van der Waals surface area contributed by atoms with Gasteiger partial charge in [-0.3, -0.25) is 14.4 Å². The number of aliphatic hydroxyl groups is 2. The Morgan fingerprint density at radius 2 is 1.93 bits per heavy atom. The first-order chi connectivity index (χ1) is 19.8. The number of likely N-dealkylation sites (tertiary alicyclic amines) is 1. The van der Waals surface area contributed by atoms with E-state index >= 15 is 8.78 Å². The van der Waals surface area contributed by atoms with Crippen molar-refractivity contribution in [2.75, 3.05) is 19.8 Å². The minimum atomic E-state index is -2.36. The summed E-state index contributed by atoms with van der Waals surface area (Å²) in [7, 11) is 0. The molecule has 4 fully saturated rings. The van der Waals surface area contributed by atoms with E-state index in [2.05, 4.69) is 0 Å². The SMILES string of the molecule is CCOC(=O)C1[C@@H]2C[C@H]3[C@@H]4C[C@H](F)C5=CC(=O)C=C[C@]5(C)[C@@]4(F)[C@@H](O)C[C@]3(C)[C@]2(C(=O)CO)CN1C(=O)c1cccs1. The first-order valence-corrected chi connectivity index (χ1v) is 15.3. The third kappa shape index (κ3) is 3.44. The second-order valence-corrected chi connectivity index (χ2v) is 13.8. The van der Waals surface area contributed by atoms with E-state index in [1.807, 2.05) is 0 Å². The van der Waals surface area contributed by atoms with Gasteiger partial charge in [-0.1, -0.05) is 19.1 Å². The molecule has 4 aliphatic carbocycles. The number of ether oxygens (including phenoxy) is 1. The van der Waals surface area contributed by atoms with Crippen LogP contribution in [0.25, 0.3) is 0 Å². The summed E-state index contributed by atoms with van der Waals surface area (Å²) in [5.41, 5.74) is -6.68. The number of thiophene rings is 1. The van der Waals surface area contributed by atoms with Gasteiger partial charge >= 0.3 is 5.97 Å². The van der Waals surface area contributed by atoms with Crippen molar-refractivity contribution < 1.29 is 42.9 Å². The molecule has 226 valence electrons. The van der Waals surface area contributed by atoms with Crippen LogP contribution in [0, 0.1) is 34.0 Å². The zero-order valence-corrected chi connectivity index (χ0v) is 24.5. The average Bonchev–Trinajstić information content (AvgIpc) is 3.66. The number of carbonyl (C=O) groups is 4. The molecule has 5 aliphatic rings. The van der Waals surface area contributed by atoms with Crippen molar-refractivity contribution in [3.63, 3.8) is 0 Å². The van der Waals surface area contributed by atoms with Gasteiger partial charge in [0.15, 0.2) is 17.2 Å². The third-order valence-corrected chi connectivity index (χ3v) is 12.3. The molecular weight excluding hydrogens is 568 g/mol. The molecule has 6 rings (SSSR count). The predicted molar refractivity (Wildman–Crippen MR) is 148 cm³/mol. The molecule has 1 saturated heterocycles. The van der Waals surface area contributed by atoms with Crippen LogP contribution in [0.4, 0.5) is 8.78 Å². The fraction of sp³-hybridized carbons (Fsp3) is 0.613. The van der Waals surface area contributed by atoms with E-state index in [0.29, 0.717) is 4.88 Å². The number of nitrogens with zero attached hydrogens (tertiary/aromatic N) is 1. The molecule has 1 aromatic heterocycles. The Bertz CT molecular complexity index is 1410. The zero-order valence-electron chi connectivity index (χ0n) is 23.7. The monoisotopic (exact) mass is 603 g/mol. The van der Waals surface area contributed by atoms with E-state index in [0.717, 1.165) is 6.08 Å². The van der Waals surface area contributed by atoms with Crippen LogP contribution in [-0.2, 0) is 19.1 Å². The molecule has 3 saturated carbocycles. The maximum absolute atomic E-state index is 17.7. The second kappa shape index (κ2) is 9.62. The van der Waals surface area contributed by atoms with Crippen LogP contribution in [0.5, 0.6) is 0 Å². The van der Waals surface area contributed by atoms with Gasteiger partial charge in [0.1, 0.15) is 18.8 Å². The van der Waals surface area contributed by atoms with Gasteiger partial charge in [-0.05, 0) is 73.6 Å². The number of carbonyl (C=O) groups excluding carboxylic acids is 4. The van der Waals surface area contributed by atoms with Crippen molar-refractivity contribution in [2.24, 2.45) is 34.0 Å². The molecule has 0 radical (unpaired) electrons. The topological polar surface area (TPSA) is 121 Å². The van der Waals surface area contributed by atoms with Crippen LogP contribution in [0.15, 0.2) is 41.3 Å². The molecule has 0 spiro atoms. The van der Waals surface area contributed by atoms with Gasteiger partial charge in [0.05, 0.1) is 23.0 Å². The molecule has 11 heteroatoms. The Balaban J connectivity index is 1.50. The lowest BCUT2D eigenvalue weighted by Gasteiger charge is -2.63. The Morgan fingerprint density at radius 1 is 1.19 bits per heavy atom. The van der Waals surface area contributed by atoms with Crippen LogP contribution >= 0.6 is 11.3 Å². The second-order valence-electron chi connectivity index (χ2n) is 12.9. The van der Waals surface area contributed by atoms with Crippen molar-refractivity contribution in [2.45, 2.75) is 64.0 Å². The first-order valence-electron chi connectivity index (χ1n) is 14.4. The van der Waals surface area contributed by atoms with Crippen LogP contribution in [0.3, 0.4) is 0 Å². The van der Waals surface area contributed by atoms with Crippen LogP contribution in [0.1, 0.15) is 49.7 Å². The van der Waals surface area contributed by atoms with Gasteiger partial charge in [0.2, 0.25) is 0 Å². The molecule has 1 aliphatic heterocycles. The van der Waals surface area contributed by atoms with Crippen LogP contribution < -0.4 is 0 Å². The van der Waals surface area contributed by atoms with Gasteiger partial charge in [-0.2, -0.15) is 0 Å². The maximum Gasteiger partial charge on any atom is 0.329 e. The van der Waals surface area contributed by atoms with E-state index in [4.69, 9.17) is 4.74 Å². The number of amides is 1. The highest BCUT2D eigenvalue weighted by atomic mass is 32.1. The van der Waals surface area contributed by atoms with Crippen molar-refractivity contribution in [1.29, 1.82) is 0 Å². The molecular formula is C31H35F2NO7S. The first kappa shape index (κ1) is 29.3. The number of halogens is 2. The molecule has 0 bridgehead atoms. The minimum Gasteiger partial charge on any atom is -0.464 e. The highest BCUT2D eigenvalue weighted by Gasteiger charge is 2.80. The fourth-order valence-electron chi connectivity index (χ4n) is 9.69. The van der Waals surface area contributed by atoms with Gasteiger partial charge in [-0.25, -0.2) is 13.6 Å². The molecule has 2 heterocycles. The van der Waals surface area contributed by atoms with E-state index in [-0.39, 0.29) is 38.0 Å². The van der Waals surface area contributed by atoms with Crippen molar-refractivity contribution in [3.05, 3.63) is 46.2 Å². The molecule has 8 nitrogen and oxygen atoms in total. The van der Waals surface area contributed by atoms with Gasteiger partial charge < -0.3 is 19.8 Å². The lowest BCUT2D eigenvalue weighted by atomic mass is 9.43. The summed E-state index contributed by atoms with van der Waals surface area (Å²) in [5, 5.41) is 23.7. The predicted octanol–water partition coefficient (Wildman–Crippen LogP) is 3.23.